The number of ether oxygens (including phenoxy) is 4. The van der Waals surface area contributed by atoms with Crippen LogP contribution in [0.1, 0.15) is 34.9 Å². The van der Waals surface area contributed by atoms with Crippen LogP contribution in [0.5, 0.6) is 11.5 Å². The van der Waals surface area contributed by atoms with Gasteiger partial charge in [-0.05, 0) is 54.9 Å². The predicted molar refractivity (Wildman–Crippen MR) is 166 cm³/mol. The van der Waals surface area contributed by atoms with Gasteiger partial charge in [0.25, 0.3) is 5.56 Å². The third kappa shape index (κ3) is 6.48. The van der Waals surface area contributed by atoms with Gasteiger partial charge in [0, 0.05) is 31.3 Å². The molecular formula is C34H39N3O7. The van der Waals surface area contributed by atoms with Gasteiger partial charge in [0.1, 0.15) is 23.3 Å². The van der Waals surface area contributed by atoms with Crippen LogP contribution >= 0.6 is 0 Å². The number of aromatic nitrogens is 2. The number of aromatic amines is 1. The molecule has 0 radical (unpaired) electrons. The fourth-order valence-corrected chi connectivity index (χ4v) is 5.68. The van der Waals surface area contributed by atoms with Crippen molar-refractivity contribution in [2.75, 3.05) is 41.0 Å². The van der Waals surface area contributed by atoms with Crippen LogP contribution in [0.15, 0.2) is 94.6 Å². The Labute approximate surface area is 256 Å². The number of nitrogens with one attached hydrogen (secondary N) is 1. The van der Waals surface area contributed by atoms with Crippen molar-refractivity contribution < 1.29 is 24.1 Å². The molecule has 3 atom stereocenters. The lowest BCUT2D eigenvalue weighted by atomic mass is 9.80. The smallest absolute Gasteiger partial charge is 0.330 e. The summed E-state index contributed by atoms with van der Waals surface area (Å²) in [6.07, 6.45) is -0.249. The minimum absolute atomic E-state index is 0.243. The largest absolute Gasteiger partial charge is 0.497 e. The molecule has 0 unspecified atom stereocenters. The number of hydrogen-bond acceptors (Lipinski definition) is 8. The summed E-state index contributed by atoms with van der Waals surface area (Å²) in [4.78, 5) is 28.5. The molecule has 1 aliphatic heterocycles. The zero-order valence-electron chi connectivity index (χ0n) is 25.4. The van der Waals surface area contributed by atoms with Crippen LogP contribution in [0.2, 0.25) is 0 Å². The van der Waals surface area contributed by atoms with E-state index in [1.54, 1.807) is 21.1 Å². The van der Waals surface area contributed by atoms with Gasteiger partial charge in [-0.1, -0.05) is 54.6 Å². The van der Waals surface area contributed by atoms with Crippen LogP contribution < -0.4 is 20.7 Å². The number of methoxy groups -OCH3 is 2. The fraction of sp³-hybridized carbons (Fsp3) is 0.353. The van der Waals surface area contributed by atoms with Crippen LogP contribution in [0.25, 0.3) is 0 Å². The second-order valence-electron chi connectivity index (χ2n) is 11.0. The van der Waals surface area contributed by atoms with E-state index in [2.05, 4.69) is 17.1 Å². The standard InChI is InChI=1S/C34H39N3O7/c1-23-21-37(33(40)35-32(23)39)31-20-29(38)30(44-31)22-36(2)18-19-43-34(24-8-6-5-7-9-24,25-10-14-27(41-3)15-11-25)26-12-16-28(42-4)17-13-26/h5-17,21,29-31,38H,18-20,22H2,1-4H3,(H,35,39,40)/t29-,30+,31+/m0/s1. The monoisotopic (exact) mass is 601 g/mol. The Kier molecular flexibility index (Phi) is 9.65. The third-order valence-corrected chi connectivity index (χ3v) is 8.12. The molecule has 0 aliphatic carbocycles. The van der Waals surface area contributed by atoms with Crippen LogP contribution in [0.4, 0.5) is 0 Å². The predicted octanol–water partition coefficient (Wildman–Crippen LogP) is 3.45. The number of aliphatic hydroxyl groups excluding tert-OH is 1. The normalized spacial score (nSPS) is 18.5. The van der Waals surface area contributed by atoms with E-state index in [1.165, 1.54) is 10.8 Å². The molecule has 44 heavy (non-hydrogen) atoms. The van der Waals surface area contributed by atoms with E-state index in [1.807, 2.05) is 78.7 Å². The van der Waals surface area contributed by atoms with Gasteiger partial charge in [0.15, 0.2) is 0 Å². The van der Waals surface area contributed by atoms with Crippen molar-refractivity contribution in [1.29, 1.82) is 0 Å². The summed E-state index contributed by atoms with van der Waals surface area (Å²) in [7, 11) is 5.22. The number of hydrogen-bond donors (Lipinski definition) is 2. The molecule has 5 rings (SSSR count). The highest BCUT2D eigenvalue weighted by Gasteiger charge is 2.39. The van der Waals surface area contributed by atoms with Crippen molar-refractivity contribution in [2.24, 2.45) is 0 Å². The summed E-state index contributed by atoms with van der Waals surface area (Å²) < 4.78 is 25.2. The topological polar surface area (TPSA) is 115 Å². The average molecular weight is 602 g/mol. The summed E-state index contributed by atoms with van der Waals surface area (Å²) in [5.41, 5.74) is 1.32. The molecule has 2 heterocycles. The number of likely N-dealkylation sites (N-methyl/N-ethyl adjacent to an activating group) is 1. The number of nitrogens with zero attached hydrogens (tertiary/aromatic N) is 2. The lowest BCUT2D eigenvalue weighted by Gasteiger charge is -2.36. The fourth-order valence-electron chi connectivity index (χ4n) is 5.68. The molecule has 0 bridgehead atoms. The Morgan fingerprint density at radius 3 is 2.07 bits per heavy atom. The van der Waals surface area contributed by atoms with E-state index < -0.39 is 35.3 Å². The second-order valence-corrected chi connectivity index (χ2v) is 11.0. The molecular weight excluding hydrogens is 562 g/mol. The first-order valence-corrected chi connectivity index (χ1v) is 14.6. The molecule has 0 amide bonds. The Morgan fingerprint density at radius 2 is 1.50 bits per heavy atom. The zero-order chi connectivity index (χ0) is 31.3. The quantitative estimate of drug-likeness (QED) is 0.238. The minimum Gasteiger partial charge on any atom is -0.497 e. The van der Waals surface area contributed by atoms with E-state index in [9.17, 15) is 14.7 Å². The van der Waals surface area contributed by atoms with Crippen molar-refractivity contribution in [3.05, 3.63) is 128 Å². The van der Waals surface area contributed by atoms with Crippen molar-refractivity contribution in [2.45, 2.75) is 37.4 Å². The summed E-state index contributed by atoms with van der Waals surface area (Å²) in [6, 6.07) is 25.9. The summed E-state index contributed by atoms with van der Waals surface area (Å²) in [5.74, 6) is 1.50. The first-order chi connectivity index (χ1) is 21.2. The second kappa shape index (κ2) is 13.6. The van der Waals surface area contributed by atoms with E-state index in [-0.39, 0.29) is 6.42 Å². The summed E-state index contributed by atoms with van der Waals surface area (Å²) in [6.45, 7) is 2.93. The van der Waals surface area contributed by atoms with E-state index in [0.29, 0.717) is 25.3 Å². The molecule has 10 heteroatoms. The molecule has 1 saturated heterocycles. The van der Waals surface area contributed by atoms with Crippen LogP contribution in [-0.4, -0.2) is 72.7 Å². The van der Waals surface area contributed by atoms with Gasteiger partial charge in [0.05, 0.1) is 33.0 Å². The highest BCUT2D eigenvalue weighted by atomic mass is 16.5. The molecule has 4 aromatic rings. The molecule has 232 valence electrons. The Bertz CT molecular complexity index is 1590. The minimum atomic E-state index is -0.932. The van der Waals surface area contributed by atoms with Gasteiger partial charge in [-0.3, -0.25) is 14.3 Å². The highest BCUT2D eigenvalue weighted by molar-refractivity contribution is 5.49. The number of rotatable bonds is 12. The SMILES string of the molecule is COc1ccc(C(OCCN(C)C[C@H]2O[C@@H](n3cc(C)c(=O)[nH]c3=O)C[C@@H]2O)(c2ccccc2)c2ccc(OC)cc2)cc1. The van der Waals surface area contributed by atoms with E-state index >= 15 is 0 Å². The molecule has 1 aliphatic rings. The van der Waals surface area contributed by atoms with Crippen LogP contribution in [0.3, 0.4) is 0 Å². The first-order valence-electron chi connectivity index (χ1n) is 14.6. The summed E-state index contributed by atoms with van der Waals surface area (Å²) >= 11 is 0. The van der Waals surface area contributed by atoms with Gasteiger partial charge in [-0.25, -0.2) is 4.79 Å². The summed E-state index contributed by atoms with van der Waals surface area (Å²) in [5, 5.41) is 10.8. The van der Waals surface area contributed by atoms with E-state index in [0.717, 1.165) is 28.2 Å². The first kappa shape index (κ1) is 31.2. The molecule has 0 spiro atoms. The van der Waals surface area contributed by atoms with E-state index in [4.69, 9.17) is 18.9 Å². The maximum Gasteiger partial charge on any atom is 0.330 e. The Morgan fingerprint density at radius 1 is 0.932 bits per heavy atom. The lowest BCUT2D eigenvalue weighted by Crippen LogP contribution is -2.39. The number of aliphatic hydroxyl groups is 1. The van der Waals surface area contributed by atoms with Crippen molar-refractivity contribution >= 4 is 0 Å². The zero-order valence-corrected chi connectivity index (χ0v) is 25.4. The van der Waals surface area contributed by atoms with Gasteiger partial charge in [-0.2, -0.15) is 0 Å². The number of aryl methyl sites for hydroxylation is 1. The maximum absolute atomic E-state index is 12.4. The average Bonchev–Trinajstić information content (AvgIpc) is 3.40. The van der Waals surface area contributed by atoms with Crippen molar-refractivity contribution in [3.63, 3.8) is 0 Å². The van der Waals surface area contributed by atoms with Crippen LogP contribution in [0, 0.1) is 6.92 Å². The molecule has 2 N–H and O–H groups in total. The van der Waals surface area contributed by atoms with Gasteiger partial charge >= 0.3 is 5.69 Å². The Balaban J connectivity index is 1.36. The van der Waals surface area contributed by atoms with Crippen LogP contribution in [-0.2, 0) is 15.1 Å². The lowest BCUT2D eigenvalue weighted by molar-refractivity contribution is -0.0415. The van der Waals surface area contributed by atoms with Crippen molar-refractivity contribution in [3.8, 4) is 11.5 Å². The molecule has 3 aromatic carbocycles. The van der Waals surface area contributed by atoms with Gasteiger partial charge < -0.3 is 29.0 Å². The van der Waals surface area contributed by atoms with Gasteiger partial charge in [-0.15, -0.1) is 0 Å². The Hall–Kier alpha value is -4.22. The van der Waals surface area contributed by atoms with Crippen molar-refractivity contribution in [1.82, 2.24) is 14.5 Å². The molecule has 0 saturated carbocycles. The number of H-pyrrole nitrogens is 1. The maximum atomic E-state index is 12.4. The molecule has 1 aromatic heterocycles. The van der Waals surface area contributed by atoms with Gasteiger partial charge in [0.2, 0.25) is 0 Å². The molecule has 1 fully saturated rings. The molecule has 10 nitrogen and oxygen atoms in total. The highest BCUT2D eigenvalue weighted by Crippen LogP contribution is 2.41. The third-order valence-electron chi connectivity index (χ3n) is 8.12. The number of benzene rings is 3.